The van der Waals surface area contributed by atoms with E-state index in [-0.39, 0.29) is 13.2 Å². The summed E-state index contributed by atoms with van der Waals surface area (Å²) in [6, 6.07) is 20.0. The molecule has 10 heteroatoms. The SMILES string of the molecule is COC(=O)[C@H]1O[C@@H](OCC[Si](C)(C)C)[C@H](OCc2ccccc2)[C@@H](OCc2ccccc2)[C@H]1OC(=O)CCl. The van der Waals surface area contributed by atoms with Crippen molar-refractivity contribution in [3.8, 4) is 0 Å². The summed E-state index contributed by atoms with van der Waals surface area (Å²) in [7, 11) is -0.184. The molecule has 2 aromatic rings. The third-order valence-corrected chi connectivity index (χ3v) is 7.93. The van der Waals surface area contributed by atoms with Gasteiger partial charge in [0.25, 0.3) is 0 Å². The van der Waals surface area contributed by atoms with E-state index < -0.39 is 56.6 Å². The second-order valence-electron chi connectivity index (χ2n) is 10.2. The molecule has 0 aliphatic carbocycles. The maximum absolute atomic E-state index is 12.8. The normalized spacial score (nSPS) is 23.6. The highest BCUT2D eigenvalue weighted by Gasteiger charge is 2.53. The first kappa shape index (κ1) is 30.3. The van der Waals surface area contributed by atoms with Gasteiger partial charge in [-0.05, 0) is 17.2 Å². The van der Waals surface area contributed by atoms with Gasteiger partial charge >= 0.3 is 11.9 Å². The number of benzene rings is 2. The largest absolute Gasteiger partial charge is 0.467 e. The van der Waals surface area contributed by atoms with Crippen LogP contribution in [0.3, 0.4) is 0 Å². The summed E-state index contributed by atoms with van der Waals surface area (Å²) in [5.74, 6) is -1.84. The summed E-state index contributed by atoms with van der Waals surface area (Å²) in [6.45, 7) is 7.55. The Hall–Kier alpha value is -2.27. The third-order valence-electron chi connectivity index (χ3n) is 6.01. The molecule has 1 saturated heterocycles. The van der Waals surface area contributed by atoms with Crippen LogP contribution in [0.4, 0.5) is 0 Å². The Kier molecular flexibility index (Phi) is 11.8. The van der Waals surface area contributed by atoms with E-state index in [0.717, 1.165) is 17.2 Å². The third kappa shape index (κ3) is 9.18. The number of alkyl halides is 1. The first-order valence-corrected chi connectivity index (χ1v) is 16.9. The maximum Gasteiger partial charge on any atom is 0.339 e. The molecule has 3 rings (SSSR count). The molecule has 1 aliphatic rings. The zero-order valence-electron chi connectivity index (χ0n) is 22.3. The number of ether oxygens (including phenoxy) is 6. The van der Waals surface area contributed by atoms with Crippen LogP contribution in [-0.4, -0.2) is 70.3 Å². The van der Waals surface area contributed by atoms with Crippen molar-refractivity contribution in [2.45, 2.75) is 69.6 Å². The zero-order chi connectivity index (χ0) is 27.5. The fourth-order valence-electron chi connectivity index (χ4n) is 3.94. The Morgan fingerprint density at radius 3 is 1.89 bits per heavy atom. The molecule has 0 aromatic heterocycles. The van der Waals surface area contributed by atoms with Crippen molar-refractivity contribution >= 4 is 31.6 Å². The predicted octanol–water partition coefficient (Wildman–Crippen LogP) is 4.56. The molecular formula is C28H37ClO8Si. The van der Waals surface area contributed by atoms with Crippen LogP contribution in [0.1, 0.15) is 11.1 Å². The Morgan fingerprint density at radius 1 is 0.842 bits per heavy atom. The molecule has 1 heterocycles. The molecule has 1 fully saturated rings. The fourth-order valence-corrected chi connectivity index (χ4v) is 4.74. The predicted molar refractivity (Wildman–Crippen MR) is 145 cm³/mol. The van der Waals surface area contributed by atoms with Crippen molar-refractivity contribution in [2.75, 3.05) is 19.6 Å². The Morgan fingerprint density at radius 2 is 1.39 bits per heavy atom. The minimum Gasteiger partial charge on any atom is -0.467 e. The summed E-state index contributed by atoms with van der Waals surface area (Å²) in [5, 5.41) is 0. The minimum absolute atomic E-state index is 0.182. The molecule has 0 spiro atoms. The van der Waals surface area contributed by atoms with Gasteiger partial charge in [0.15, 0.2) is 18.5 Å². The topological polar surface area (TPSA) is 89.5 Å². The number of hydrogen-bond acceptors (Lipinski definition) is 8. The molecule has 0 saturated carbocycles. The van der Waals surface area contributed by atoms with E-state index in [2.05, 4.69) is 19.6 Å². The lowest BCUT2D eigenvalue weighted by molar-refractivity contribution is -0.313. The van der Waals surface area contributed by atoms with Gasteiger partial charge in [-0.15, -0.1) is 11.6 Å². The number of carbonyl (C=O) groups excluding carboxylic acids is 2. The van der Waals surface area contributed by atoms with Gasteiger partial charge in [0.05, 0.1) is 20.3 Å². The highest BCUT2D eigenvalue weighted by molar-refractivity contribution is 6.76. The molecule has 0 unspecified atom stereocenters. The van der Waals surface area contributed by atoms with Crippen molar-refractivity contribution in [2.24, 2.45) is 0 Å². The molecule has 0 N–H and O–H groups in total. The van der Waals surface area contributed by atoms with E-state index in [1.54, 1.807) is 0 Å². The molecule has 2 aromatic carbocycles. The first-order valence-electron chi connectivity index (χ1n) is 12.6. The smallest absolute Gasteiger partial charge is 0.339 e. The van der Waals surface area contributed by atoms with Gasteiger partial charge in [-0.25, -0.2) is 4.79 Å². The highest BCUT2D eigenvalue weighted by Crippen LogP contribution is 2.31. The van der Waals surface area contributed by atoms with Gasteiger partial charge in [0, 0.05) is 14.7 Å². The molecule has 208 valence electrons. The highest BCUT2D eigenvalue weighted by atomic mass is 35.5. The van der Waals surface area contributed by atoms with Crippen LogP contribution in [0.2, 0.25) is 25.7 Å². The van der Waals surface area contributed by atoms with E-state index in [4.69, 9.17) is 40.0 Å². The van der Waals surface area contributed by atoms with Crippen LogP contribution in [-0.2, 0) is 51.2 Å². The average Bonchev–Trinajstić information content (AvgIpc) is 2.91. The summed E-state index contributed by atoms with van der Waals surface area (Å²) in [4.78, 5) is 25.1. The summed E-state index contributed by atoms with van der Waals surface area (Å²) in [6.07, 6.45) is -5.17. The number of rotatable bonds is 13. The van der Waals surface area contributed by atoms with Gasteiger partial charge in [-0.1, -0.05) is 80.3 Å². The lowest BCUT2D eigenvalue weighted by Crippen LogP contribution is -2.63. The quantitative estimate of drug-likeness (QED) is 0.199. The Balaban J connectivity index is 1.94. The minimum atomic E-state index is -1.43. The van der Waals surface area contributed by atoms with Gasteiger partial charge in [-0.2, -0.15) is 0 Å². The van der Waals surface area contributed by atoms with E-state index in [0.29, 0.717) is 6.61 Å². The number of esters is 2. The summed E-state index contributed by atoms with van der Waals surface area (Å²) < 4.78 is 35.5. The van der Waals surface area contributed by atoms with Crippen molar-refractivity contribution in [3.63, 3.8) is 0 Å². The lowest BCUT2D eigenvalue weighted by atomic mass is 9.97. The number of halogens is 1. The lowest BCUT2D eigenvalue weighted by Gasteiger charge is -2.44. The maximum atomic E-state index is 12.8. The molecule has 0 bridgehead atoms. The Bertz CT molecular complexity index is 1000. The van der Waals surface area contributed by atoms with Crippen LogP contribution in [0, 0.1) is 0 Å². The van der Waals surface area contributed by atoms with Crippen LogP contribution >= 0.6 is 11.6 Å². The zero-order valence-corrected chi connectivity index (χ0v) is 24.1. The van der Waals surface area contributed by atoms with Crippen LogP contribution in [0.25, 0.3) is 0 Å². The van der Waals surface area contributed by atoms with Crippen LogP contribution in [0.5, 0.6) is 0 Å². The van der Waals surface area contributed by atoms with Crippen LogP contribution < -0.4 is 0 Å². The number of methoxy groups -OCH3 is 1. The van der Waals surface area contributed by atoms with Gasteiger partial charge < -0.3 is 28.4 Å². The summed E-state index contributed by atoms with van der Waals surface area (Å²) >= 11 is 5.75. The van der Waals surface area contributed by atoms with Crippen LogP contribution in [0.15, 0.2) is 60.7 Å². The first-order chi connectivity index (χ1) is 18.2. The van der Waals surface area contributed by atoms with E-state index >= 15 is 0 Å². The van der Waals surface area contributed by atoms with Crippen molar-refractivity contribution in [3.05, 3.63) is 71.8 Å². The molecule has 0 radical (unpaired) electrons. The molecule has 1 aliphatic heterocycles. The molecule has 5 atom stereocenters. The molecule has 38 heavy (non-hydrogen) atoms. The van der Waals surface area contributed by atoms with Gasteiger partial charge in [0.2, 0.25) is 0 Å². The van der Waals surface area contributed by atoms with Gasteiger partial charge in [-0.3, -0.25) is 4.79 Å². The second-order valence-corrected chi connectivity index (χ2v) is 16.1. The van der Waals surface area contributed by atoms with E-state index in [9.17, 15) is 9.59 Å². The molecular weight excluding hydrogens is 528 g/mol. The van der Waals surface area contributed by atoms with E-state index in [1.807, 2.05) is 60.7 Å². The number of carbonyl (C=O) groups is 2. The summed E-state index contributed by atoms with van der Waals surface area (Å²) in [5.41, 5.74) is 1.83. The average molecular weight is 565 g/mol. The van der Waals surface area contributed by atoms with Crippen molar-refractivity contribution in [1.29, 1.82) is 0 Å². The molecule has 0 amide bonds. The molecule has 8 nitrogen and oxygen atoms in total. The van der Waals surface area contributed by atoms with E-state index in [1.165, 1.54) is 7.11 Å². The monoisotopic (exact) mass is 564 g/mol. The standard InChI is InChI=1S/C28H37ClO8Si/c1-32-27(31)25-24(36-22(30)17-29)23(34-18-20-11-7-5-8-12-20)26(35-19-21-13-9-6-10-14-21)28(37-25)33-15-16-38(2,3)4/h5-14,23-26,28H,15-19H2,1-4H3/t23-,24+,25-,26+,28+/m0/s1. The number of hydrogen-bond donors (Lipinski definition) is 0. The Labute approximate surface area is 230 Å². The van der Waals surface area contributed by atoms with Gasteiger partial charge in [0.1, 0.15) is 18.1 Å². The fraction of sp³-hybridized carbons (Fsp3) is 0.500. The second kappa shape index (κ2) is 14.8. The van der Waals surface area contributed by atoms with Crippen molar-refractivity contribution < 1.29 is 38.0 Å². The van der Waals surface area contributed by atoms with Crippen molar-refractivity contribution in [1.82, 2.24) is 0 Å².